The lowest BCUT2D eigenvalue weighted by atomic mass is 9.90. The van der Waals surface area contributed by atoms with Gasteiger partial charge in [0.25, 0.3) is 0 Å². The minimum absolute atomic E-state index is 0.484. The summed E-state index contributed by atoms with van der Waals surface area (Å²) in [6.07, 6.45) is 12.3. The van der Waals surface area contributed by atoms with Crippen molar-refractivity contribution in [2.24, 2.45) is 16.8 Å². The van der Waals surface area contributed by atoms with Crippen LogP contribution in [0.15, 0.2) is 4.99 Å². The number of nitrogens with one attached hydrogen (secondary N) is 2. The summed E-state index contributed by atoms with van der Waals surface area (Å²) in [6, 6.07) is 1.38. The second-order valence-corrected chi connectivity index (χ2v) is 11.6. The molecule has 2 aliphatic carbocycles. The molecule has 2 aliphatic heterocycles. The summed E-state index contributed by atoms with van der Waals surface area (Å²) in [5.41, 5.74) is 0. The minimum atomic E-state index is 0.484. The number of hydrogen-bond donors (Lipinski definition) is 2. The predicted molar refractivity (Wildman–Crippen MR) is 126 cm³/mol. The van der Waals surface area contributed by atoms with E-state index in [2.05, 4.69) is 53.2 Å². The van der Waals surface area contributed by atoms with Gasteiger partial charge >= 0.3 is 0 Å². The first-order chi connectivity index (χ1) is 14.1. The van der Waals surface area contributed by atoms with E-state index in [-0.39, 0.29) is 0 Å². The molecule has 4 atom stereocenters. The molecule has 0 spiro atoms. The molecule has 0 aromatic heterocycles. The second kappa shape index (κ2) is 10.3. The van der Waals surface area contributed by atoms with Gasteiger partial charge in [0.15, 0.2) is 0 Å². The first kappa shape index (κ1) is 21.9. The number of rotatable bonds is 6. The molecule has 0 aromatic carbocycles. The Kier molecular flexibility index (Phi) is 7.81. The molecule has 2 heterocycles. The Hall–Kier alpha value is -0.300. The highest BCUT2D eigenvalue weighted by Gasteiger charge is 2.34. The van der Waals surface area contributed by atoms with E-state index in [1.807, 2.05) is 0 Å². The van der Waals surface area contributed by atoms with Crippen molar-refractivity contribution in [3.05, 3.63) is 0 Å². The molecule has 2 saturated carbocycles. The molecule has 1 saturated heterocycles. The van der Waals surface area contributed by atoms with E-state index in [9.17, 15) is 0 Å². The number of aliphatic imine (C=N–C) groups is 1. The largest absolute Gasteiger partial charge is 0.371 e. The summed E-state index contributed by atoms with van der Waals surface area (Å²) in [5.74, 6) is 2.68. The molecule has 3 fully saturated rings. The molecule has 6 heteroatoms. The first-order valence-electron chi connectivity index (χ1n) is 12.2. The van der Waals surface area contributed by atoms with E-state index in [4.69, 9.17) is 4.99 Å². The van der Waals surface area contributed by atoms with Crippen LogP contribution in [0.4, 0.5) is 0 Å². The number of amidine groups is 1. The highest BCUT2D eigenvalue weighted by molar-refractivity contribution is 8.00. The van der Waals surface area contributed by atoms with Crippen LogP contribution in [0.3, 0.4) is 0 Å². The Morgan fingerprint density at radius 2 is 1.86 bits per heavy atom. The summed E-state index contributed by atoms with van der Waals surface area (Å²) < 4.78 is 0. The molecule has 29 heavy (non-hydrogen) atoms. The Morgan fingerprint density at radius 3 is 2.59 bits per heavy atom. The van der Waals surface area contributed by atoms with Crippen LogP contribution in [0, 0.1) is 11.8 Å². The molecule has 2 unspecified atom stereocenters. The Balaban J connectivity index is 1.21. The third-order valence-corrected chi connectivity index (χ3v) is 9.43. The maximum Gasteiger partial charge on any atom is 0.103 e. The number of thioether (sulfide) groups is 1. The van der Waals surface area contributed by atoms with Gasteiger partial charge in [-0.05, 0) is 90.9 Å². The molecule has 4 aliphatic rings. The van der Waals surface area contributed by atoms with Gasteiger partial charge < -0.3 is 15.1 Å². The van der Waals surface area contributed by atoms with E-state index in [0.717, 1.165) is 23.9 Å². The molecule has 0 aromatic rings. The van der Waals surface area contributed by atoms with Gasteiger partial charge in [0.2, 0.25) is 0 Å². The zero-order chi connectivity index (χ0) is 20.2. The predicted octanol–water partition coefficient (Wildman–Crippen LogP) is 3.37. The van der Waals surface area contributed by atoms with Crippen molar-refractivity contribution >= 4 is 17.6 Å². The monoisotopic (exact) mass is 421 g/mol. The third kappa shape index (κ3) is 5.90. The molecular formula is C23H43N5S. The highest BCUT2D eigenvalue weighted by atomic mass is 32.2. The molecule has 5 nitrogen and oxygen atoms in total. The molecule has 4 rings (SSSR count). The molecule has 0 radical (unpaired) electrons. The standard InChI is InChI=1S/C23H43N5S/c1-17-22(26-19-7-9-20(10-8-19)27(2)3)24-16-25-23(17)29-21-11-6-18(14-21)15-28-12-4-5-13-28/h17-21,23,25H,4-16H2,1-3H3,(H,24,26)/t17-,18?,19-,20-,21-,23?/m0/s1. The van der Waals surface area contributed by atoms with Crippen molar-refractivity contribution < 1.29 is 0 Å². The van der Waals surface area contributed by atoms with E-state index in [1.54, 1.807) is 0 Å². The van der Waals surface area contributed by atoms with Crippen molar-refractivity contribution in [3.63, 3.8) is 0 Å². The molecule has 0 bridgehead atoms. The van der Waals surface area contributed by atoms with Crippen molar-refractivity contribution in [2.45, 2.75) is 87.4 Å². The quantitative estimate of drug-likeness (QED) is 0.688. The van der Waals surface area contributed by atoms with Gasteiger partial charge in [0.05, 0.1) is 12.0 Å². The average molecular weight is 422 g/mol. The minimum Gasteiger partial charge on any atom is -0.371 e. The lowest BCUT2D eigenvalue weighted by molar-refractivity contribution is 0.211. The Bertz CT molecular complexity index is 539. The van der Waals surface area contributed by atoms with Gasteiger partial charge in [-0.2, -0.15) is 0 Å². The topological polar surface area (TPSA) is 42.9 Å². The molecular weight excluding hydrogens is 378 g/mol. The summed E-state index contributed by atoms with van der Waals surface area (Å²) >= 11 is 2.21. The average Bonchev–Trinajstić information content (AvgIpc) is 3.38. The van der Waals surface area contributed by atoms with Crippen LogP contribution in [0.25, 0.3) is 0 Å². The van der Waals surface area contributed by atoms with Crippen molar-refractivity contribution in [1.29, 1.82) is 0 Å². The number of nitrogens with zero attached hydrogens (tertiary/aromatic N) is 3. The lowest BCUT2D eigenvalue weighted by Crippen LogP contribution is -2.50. The van der Waals surface area contributed by atoms with Crippen molar-refractivity contribution in [3.8, 4) is 0 Å². The number of likely N-dealkylation sites (tertiary alicyclic amines) is 1. The van der Waals surface area contributed by atoms with Crippen LogP contribution in [-0.4, -0.2) is 78.7 Å². The summed E-state index contributed by atoms with van der Waals surface area (Å²) in [6.45, 7) is 7.20. The summed E-state index contributed by atoms with van der Waals surface area (Å²) in [4.78, 5) is 9.93. The van der Waals surface area contributed by atoms with Crippen LogP contribution in [0.1, 0.15) is 64.7 Å². The first-order valence-corrected chi connectivity index (χ1v) is 13.1. The lowest BCUT2D eigenvalue weighted by Gasteiger charge is -2.37. The van der Waals surface area contributed by atoms with Crippen LogP contribution in [0.5, 0.6) is 0 Å². The SMILES string of the molecule is C[C@H]1C(N[C@H]2CC[C@H](N(C)C)CC2)=NCNC1S[C@H]1CCC(CN2CCCC2)C1. The highest BCUT2D eigenvalue weighted by Crippen LogP contribution is 2.38. The van der Waals surface area contributed by atoms with Crippen molar-refractivity contribution in [1.82, 2.24) is 20.4 Å². The summed E-state index contributed by atoms with van der Waals surface area (Å²) in [5, 5.41) is 8.89. The van der Waals surface area contributed by atoms with Crippen LogP contribution < -0.4 is 10.6 Å². The maximum absolute atomic E-state index is 4.83. The van der Waals surface area contributed by atoms with Crippen LogP contribution in [0.2, 0.25) is 0 Å². The normalized spacial score (nSPS) is 39.1. The fourth-order valence-corrected chi connectivity index (χ4v) is 7.44. The second-order valence-electron chi connectivity index (χ2n) is 10.2. The maximum atomic E-state index is 4.83. The summed E-state index contributed by atoms with van der Waals surface area (Å²) in [7, 11) is 4.44. The fourth-order valence-electron chi connectivity index (χ4n) is 5.83. The van der Waals surface area contributed by atoms with E-state index >= 15 is 0 Å². The fraction of sp³-hybridized carbons (Fsp3) is 0.957. The molecule has 2 N–H and O–H groups in total. The smallest absolute Gasteiger partial charge is 0.103 e. The van der Waals surface area contributed by atoms with Gasteiger partial charge in [-0.15, -0.1) is 11.8 Å². The van der Waals surface area contributed by atoms with Crippen LogP contribution in [-0.2, 0) is 0 Å². The number of hydrogen-bond acceptors (Lipinski definition) is 6. The van der Waals surface area contributed by atoms with Crippen molar-refractivity contribution in [2.75, 3.05) is 40.4 Å². The van der Waals surface area contributed by atoms with Gasteiger partial charge in [-0.25, -0.2) is 0 Å². The van der Waals surface area contributed by atoms with Gasteiger partial charge in [0.1, 0.15) is 5.84 Å². The molecule has 0 amide bonds. The van der Waals surface area contributed by atoms with Gasteiger partial charge in [-0.3, -0.25) is 10.3 Å². The van der Waals surface area contributed by atoms with Gasteiger partial charge in [0, 0.05) is 29.8 Å². The van der Waals surface area contributed by atoms with Crippen LogP contribution >= 0.6 is 11.8 Å². The third-order valence-electron chi connectivity index (χ3n) is 7.75. The van der Waals surface area contributed by atoms with E-state index in [0.29, 0.717) is 17.3 Å². The van der Waals surface area contributed by atoms with Gasteiger partial charge in [-0.1, -0.05) is 6.92 Å². The van der Waals surface area contributed by atoms with E-state index in [1.165, 1.54) is 83.3 Å². The molecule has 166 valence electrons. The van der Waals surface area contributed by atoms with E-state index < -0.39 is 0 Å². The Labute approximate surface area is 182 Å². The zero-order valence-corrected chi connectivity index (χ0v) is 19.7. The zero-order valence-electron chi connectivity index (χ0n) is 18.9. The Morgan fingerprint density at radius 1 is 1.10 bits per heavy atom.